The fourth-order valence-electron chi connectivity index (χ4n) is 2.91. The van der Waals surface area contributed by atoms with Crippen LogP contribution in [0.1, 0.15) is 32.1 Å². The van der Waals surface area contributed by atoms with Gasteiger partial charge in [0.1, 0.15) is 0 Å². The van der Waals surface area contributed by atoms with Crippen LogP contribution >= 0.6 is 0 Å². The quantitative estimate of drug-likeness (QED) is 0.742. The highest BCUT2D eigenvalue weighted by Gasteiger charge is 2.27. The molecule has 108 valence electrons. The highest BCUT2D eigenvalue weighted by molar-refractivity contribution is 5.75. The van der Waals surface area contributed by atoms with Crippen molar-refractivity contribution in [2.45, 2.75) is 38.1 Å². The third kappa shape index (κ3) is 4.62. The van der Waals surface area contributed by atoms with E-state index in [1.54, 1.807) is 6.08 Å². The molecule has 0 radical (unpaired) electrons. The second-order valence-electron chi connectivity index (χ2n) is 5.63. The number of nitrogens with zero attached hydrogens (tertiary/aromatic N) is 1. The largest absolute Gasteiger partial charge is 0.380 e. The molecular weight excluding hydrogens is 240 g/mol. The van der Waals surface area contributed by atoms with Gasteiger partial charge in [0.2, 0.25) is 5.91 Å². The third-order valence-electron chi connectivity index (χ3n) is 4.23. The SMILES string of the molecule is C=CCCC(=O)NCC1CCN(C2CCOC2)CC1. The molecule has 2 aliphatic rings. The van der Waals surface area contributed by atoms with E-state index in [0.29, 0.717) is 18.4 Å². The topological polar surface area (TPSA) is 41.6 Å². The van der Waals surface area contributed by atoms with Crippen molar-refractivity contribution in [3.63, 3.8) is 0 Å². The van der Waals surface area contributed by atoms with Crippen LogP contribution in [0.2, 0.25) is 0 Å². The first-order chi connectivity index (χ1) is 9.29. The van der Waals surface area contributed by atoms with E-state index in [9.17, 15) is 4.79 Å². The van der Waals surface area contributed by atoms with Gasteiger partial charge in [-0.2, -0.15) is 0 Å². The maximum atomic E-state index is 11.5. The molecular formula is C15H26N2O2. The Bertz CT molecular complexity index is 293. The molecule has 1 N–H and O–H groups in total. The van der Waals surface area contributed by atoms with Gasteiger partial charge in [0.15, 0.2) is 0 Å². The zero-order chi connectivity index (χ0) is 13.5. The lowest BCUT2D eigenvalue weighted by atomic mass is 9.95. The lowest BCUT2D eigenvalue weighted by Crippen LogP contribution is -2.43. The van der Waals surface area contributed by atoms with E-state index in [1.165, 1.54) is 19.3 Å². The van der Waals surface area contributed by atoms with Gasteiger partial charge < -0.3 is 10.1 Å². The first-order valence-corrected chi connectivity index (χ1v) is 7.49. The zero-order valence-electron chi connectivity index (χ0n) is 11.8. The summed E-state index contributed by atoms with van der Waals surface area (Å²) < 4.78 is 5.45. The van der Waals surface area contributed by atoms with Gasteiger partial charge in [-0.3, -0.25) is 9.69 Å². The molecule has 0 aliphatic carbocycles. The van der Waals surface area contributed by atoms with E-state index in [0.717, 1.165) is 39.3 Å². The normalized spacial score (nSPS) is 25.4. The van der Waals surface area contributed by atoms with Crippen molar-refractivity contribution in [3.8, 4) is 0 Å². The van der Waals surface area contributed by atoms with Crippen molar-refractivity contribution in [1.29, 1.82) is 0 Å². The van der Waals surface area contributed by atoms with E-state index in [2.05, 4.69) is 16.8 Å². The Hall–Kier alpha value is -0.870. The van der Waals surface area contributed by atoms with Gasteiger partial charge in [0.25, 0.3) is 0 Å². The zero-order valence-corrected chi connectivity index (χ0v) is 11.8. The molecule has 4 nitrogen and oxygen atoms in total. The molecule has 0 aromatic rings. The third-order valence-corrected chi connectivity index (χ3v) is 4.23. The smallest absolute Gasteiger partial charge is 0.220 e. The van der Waals surface area contributed by atoms with Crippen molar-refractivity contribution in [2.24, 2.45) is 5.92 Å². The standard InChI is InChI=1S/C15H26N2O2/c1-2-3-4-15(18)16-11-13-5-8-17(9-6-13)14-7-10-19-12-14/h2,13-14H,1,3-12H2,(H,16,18). The number of ether oxygens (including phenoxy) is 1. The summed E-state index contributed by atoms with van der Waals surface area (Å²) in [5.41, 5.74) is 0. The minimum Gasteiger partial charge on any atom is -0.380 e. The molecule has 0 bridgehead atoms. The minimum atomic E-state index is 0.159. The second kappa shape index (κ2) is 7.65. The molecule has 1 amide bonds. The van der Waals surface area contributed by atoms with Crippen LogP contribution < -0.4 is 5.32 Å². The predicted octanol–water partition coefficient (Wildman–Crippen LogP) is 1.57. The Morgan fingerprint density at radius 3 is 2.79 bits per heavy atom. The number of carbonyl (C=O) groups excluding carboxylic acids is 1. The molecule has 2 rings (SSSR count). The molecule has 4 heteroatoms. The average Bonchev–Trinajstić information content (AvgIpc) is 2.97. The number of amides is 1. The highest BCUT2D eigenvalue weighted by Crippen LogP contribution is 2.21. The predicted molar refractivity (Wildman–Crippen MR) is 76.0 cm³/mol. The first-order valence-electron chi connectivity index (χ1n) is 7.49. The van der Waals surface area contributed by atoms with E-state index >= 15 is 0 Å². The van der Waals surface area contributed by atoms with Crippen LogP contribution in [0.15, 0.2) is 12.7 Å². The molecule has 0 aromatic heterocycles. The van der Waals surface area contributed by atoms with Crippen LogP contribution in [-0.4, -0.2) is 49.7 Å². The lowest BCUT2D eigenvalue weighted by Gasteiger charge is -2.35. The van der Waals surface area contributed by atoms with Crippen LogP contribution in [0.25, 0.3) is 0 Å². The Morgan fingerprint density at radius 1 is 1.37 bits per heavy atom. The van der Waals surface area contributed by atoms with Crippen molar-refractivity contribution >= 4 is 5.91 Å². The number of nitrogens with one attached hydrogen (secondary N) is 1. The van der Waals surface area contributed by atoms with Crippen molar-refractivity contribution in [3.05, 3.63) is 12.7 Å². The summed E-state index contributed by atoms with van der Waals surface area (Å²) in [6.07, 6.45) is 6.70. The minimum absolute atomic E-state index is 0.159. The Balaban J connectivity index is 1.60. The molecule has 2 aliphatic heterocycles. The highest BCUT2D eigenvalue weighted by atomic mass is 16.5. The van der Waals surface area contributed by atoms with Crippen molar-refractivity contribution < 1.29 is 9.53 Å². The fraction of sp³-hybridized carbons (Fsp3) is 0.800. The lowest BCUT2D eigenvalue weighted by molar-refractivity contribution is -0.121. The van der Waals surface area contributed by atoms with Gasteiger partial charge in [0, 0.05) is 25.6 Å². The fourth-order valence-corrected chi connectivity index (χ4v) is 2.91. The molecule has 2 saturated heterocycles. The van der Waals surface area contributed by atoms with Crippen molar-refractivity contribution in [1.82, 2.24) is 10.2 Å². The van der Waals surface area contributed by atoms with Gasteiger partial charge in [-0.05, 0) is 44.7 Å². The molecule has 0 aromatic carbocycles. The Labute approximate surface area is 116 Å². The molecule has 19 heavy (non-hydrogen) atoms. The van der Waals surface area contributed by atoms with E-state index in [1.807, 2.05) is 0 Å². The van der Waals surface area contributed by atoms with Gasteiger partial charge in [-0.15, -0.1) is 6.58 Å². The Morgan fingerprint density at radius 2 is 2.16 bits per heavy atom. The van der Waals surface area contributed by atoms with Crippen LogP contribution in [0.4, 0.5) is 0 Å². The number of piperidine rings is 1. The second-order valence-corrected chi connectivity index (χ2v) is 5.63. The molecule has 2 heterocycles. The molecule has 2 fully saturated rings. The number of hydrogen-bond donors (Lipinski definition) is 1. The number of rotatable bonds is 6. The summed E-state index contributed by atoms with van der Waals surface area (Å²) in [6, 6.07) is 0.642. The number of hydrogen-bond acceptors (Lipinski definition) is 3. The van der Waals surface area contributed by atoms with E-state index in [4.69, 9.17) is 4.74 Å². The average molecular weight is 266 g/mol. The first kappa shape index (κ1) is 14.5. The van der Waals surface area contributed by atoms with Crippen LogP contribution in [0.3, 0.4) is 0 Å². The van der Waals surface area contributed by atoms with Crippen molar-refractivity contribution in [2.75, 3.05) is 32.8 Å². The summed E-state index contributed by atoms with van der Waals surface area (Å²) in [5, 5.41) is 3.04. The van der Waals surface area contributed by atoms with Gasteiger partial charge >= 0.3 is 0 Å². The van der Waals surface area contributed by atoms with E-state index in [-0.39, 0.29) is 5.91 Å². The number of likely N-dealkylation sites (tertiary alicyclic amines) is 1. The summed E-state index contributed by atoms with van der Waals surface area (Å²) in [6.45, 7) is 8.61. The summed E-state index contributed by atoms with van der Waals surface area (Å²) in [7, 11) is 0. The molecule has 1 unspecified atom stereocenters. The monoisotopic (exact) mass is 266 g/mol. The van der Waals surface area contributed by atoms with Gasteiger partial charge in [-0.25, -0.2) is 0 Å². The molecule has 0 spiro atoms. The van der Waals surface area contributed by atoms with Crippen LogP contribution in [0.5, 0.6) is 0 Å². The number of allylic oxidation sites excluding steroid dienone is 1. The van der Waals surface area contributed by atoms with Gasteiger partial charge in [-0.1, -0.05) is 6.08 Å². The van der Waals surface area contributed by atoms with E-state index < -0.39 is 0 Å². The van der Waals surface area contributed by atoms with Crippen LogP contribution in [-0.2, 0) is 9.53 Å². The molecule has 1 atom stereocenters. The molecule has 0 saturated carbocycles. The van der Waals surface area contributed by atoms with Gasteiger partial charge in [0.05, 0.1) is 6.61 Å². The summed E-state index contributed by atoms with van der Waals surface area (Å²) in [4.78, 5) is 14.1. The van der Waals surface area contributed by atoms with Crippen LogP contribution in [0, 0.1) is 5.92 Å². The Kier molecular flexibility index (Phi) is 5.86. The summed E-state index contributed by atoms with van der Waals surface area (Å²) >= 11 is 0. The summed E-state index contributed by atoms with van der Waals surface area (Å²) in [5.74, 6) is 0.803. The maximum Gasteiger partial charge on any atom is 0.220 e. The number of carbonyl (C=O) groups is 1. The maximum absolute atomic E-state index is 11.5.